The van der Waals surface area contributed by atoms with Gasteiger partial charge in [0.2, 0.25) is 11.8 Å². The van der Waals surface area contributed by atoms with Crippen LogP contribution >= 0.6 is 11.9 Å². The molecule has 1 aromatic carbocycles. The van der Waals surface area contributed by atoms with E-state index in [0.717, 1.165) is 54.2 Å². The molecule has 1 aliphatic heterocycles. The largest absolute Gasteiger partial charge is 0.353 e. The van der Waals surface area contributed by atoms with Gasteiger partial charge < -0.3 is 9.88 Å². The number of fused-ring (bicyclic) bond motifs is 1. The fraction of sp³-hybridized carbons (Fsp3) is 0.692. The second-order valence-corrected chi connectivity index (χ2v) is 12.8. The Morgan fingerprint density at radius 1 is 1.15 bits per heavy atom. The van der Waals surface area contributed by atoms with Gasteiger partial charge in [0.25, 0.3) is 0 Å². The van der Waals surface area contributed by atoms with Crippen LogP contribution in [0.2, 0.25) is 0 Å². The normalized spacial score (nSPS) is 22.1. The van der Waals surface area contributed by atoms with Gasteiger partial charge in [-0.25, -0.2) is 18.1 Å². The van der Waals surface area contributed by atoms with E-state index in [2.05, 4.69) is 53.2 Å². The number of aromatic nitrogens is 2. The molecule has 0 atom stereocenters. The number of nitrogens with zero attached hydrogens (tertiary/aromatic N) is 3. The predicted octanol–water partition coefficient (Wildman–Crippen LogP) is 5.77. The van der Waals surface area contributed by atoms with Crippen molar-refractivity contribution in [3.8, 4) is 0 Å². The summed E-state index contributed by atoms with van der Waals surface area (Å²) in [6, 6.07) is 6.85. The number of carbonyl (C=O) groups is 1. The predicted molar refractivity (Wildman–Crippen MR) is 132 cm³/mol. The molecule has 3 aliphatic rings. The Hall–Kier alpha value is -1.67. The molecule has 1 N–H and O–H groups in total. The van der Waals surface area contributed by atoms with Crippen molar-refractivity contribution in [2.75, 3.05) is 13.1 Å². The third-order valence-corrected chi connectivity index (χ3v) is 8.26. The summed E-state index contributed by atoms with van der Waals surface area (Å²) in [6.07, 6.45) is 4.01. The molecule has 0 unspecified atom stereocenters. The summed E-state index contributed by atoms with van der Waals surface area (Å²) < 4.78 is 31.9. The lowest BCUT2D eigenvalue weighted by molar-refractivity contribution is -0.122. The highest BCUT2D eigenvalue weighted by atomic mass is 32.2. The van der Waals surface area contributed by atoms with E-state index in [1.54, 1.807) is 11.9 Å². The Labute approximate surface area is 205 Å². The maximum atomic E-state index is 13.7. The number of hydrogen-bond acceptors (Lipinski definition) is 4. The van der Waals surface area contributed by atoms with E-state index in [-0.39, 0.29) is 30.1 Å². The zero-order valence-corrected chi connectivity index (χ0v) is 21.3. The maximum Gasteiger partial charge on any atom is 0.248 e. The van der Waals surface area contributed by atoms with Gasteiger partial charge in [-0.3, -0.25) is 4.79 Å². The number of carbonyl (C=O) groups excluding carboxylic acids is 1. The van der Waals surface area contributed by atoms with Crippen LogP contribution in [0.1, 0.15) is 71.5 Å². The first kappa shape index (κ1) is 24.0. The molecule has 0 bridgehead atoms. The van der Waals surface area contributed by atoms with Gasteiger partial charge in [-0.05, 0) is 67.7 Å². The third kappa shape index (κ3) is 5.59. The van der Waals surface area contributed by atoms with E-state index in [9.17, 15) is 13.6 Å². The third-order valence-electron chi connectivity index (χ3n) is 7.24. The van der Waals surface area contributed by atoms with Gasteiger partial charge in [-0.15, -0.1) is 0 Å². The lowest BCUT2D eigenvalue weighted by Gasteiger charge is -2.37. The van der Waals surface area contributed by atoms with Crippen molar-refractivity contribution >= 4 is 28.9 Å². The molecule has 3 fully saturated rings. The quantitative estimate of drug-likeness (QED) is 0.501. The second kappa shape index (κ2) is 9.08. The fourth-order valence-electron chi connectivity index (χ4n) is 5.12. The molecule has 2 saturated carbocycles. The lowest BCUT2D eigenvalue weighted by Crippen LogP contribution is -2.44. The lowest BCUT2D eigenvalue weighted by atomic mass is 9.86. The van der Waals surface area contributed by atoms with Crippen molar-refractivity contribution in [2.24, 2.45) is 11.8 Å². The Bertz CT molecular complexity index is 1040. The fourth-order valence-corrected chi connectivity index (χ4v) is 6.28. The van der Waals surface area contributed by atoms with Gasteiger partial charge in [0, 0.05) is 55.2 Å². The standard InChI is InChI=1S/C26H36F2N4OS/c1-25(2,3)24-30-21-13-20(34-31-14-18(15-31)12-23(33)29-19-4-5-19)6-7-22(21)32(24)16-17-8-10-26(27,28)11-9-17/h6-7,13,17-19H,4-5,8-12,14-16H2,1-3H3,(H,29,33). The topological polar surface area (TPSA) is 50.2 Å². The second-order valence-electron chi connectivity index (χ2n) is 11.6. The summed E-state index contributed by atoms with van der Waals surface area (Å²) in [7, 11) is 0. The molecule has 1 amide bonds. The van der Waals surface area contributed by atoms with Crippen molar-refractivity contribution in [1.82, 2.24) is 19.2 Å². The van der Waals surface area contributed by atoms with Gasteiger partial charge in [-0.2, -0.15) is 0 Å². The van der Waals surface area contributed by atoms with Crippen LogP contribution in [0, 0.1) is 11.8 Å². The summed E-state index contributed by atoms with van der Waals surface area (Å²) in [6.45, 7) is 9.09. The van der Waals surface area contributed by atoms with E-state index >= 15 is 0 Å². The van der Waals surface area contributed by atoms with E-state index in [0.29, 0.717) is 31.2 Å². The molecule has 2 aromatic rings. The summed E-state index contributed by atoms with van der Waals surface area (Å²) in [5.74, 6) is -0.580. The molecule has 186 valence electrons. The van der Waals surface area contributed by atoms with Crippen molar-refractivity contribution < 1.29 is 13.6 Å². The molecule has 2 heterocycles. The maximum absolute atomic E-state index is 13.7. The van der Waals surface area contributed by atoms with Crippen LogP contribution in [-0.4, -0.2) is 44.8 Å². The number of hydrogen-bond donors (Lipinski definition) is 1. The number of rotatable bonds is 7. The van der Waals surface area contributed by atoms with Crippen LogP contribution in [-0.2, 0) is 16.8 Å². The number of nitrogens with one attached hydrogen (secondary N) is 1. The molecule has 5 nitrogen and oxygen atoms in total. The molecule has 1 aromatic heterocycles. The van der Waals surface area contributed by atoms with Crippen LogP contribution in [0.4, 0.5) is 8.78 Å². The Morgan fingerprint density at radius 2 is 1.85 bits per heavy atom. The first-order valence-corrected chi connectivity index (χ1v) is 13.4. The molecule has 8 heteroatoms. The highest BCUT2D eigenvalue weighted by molar-refractivity contribution is 7.97. The smallest absolute Gasteiger partial charge is 0.248 e. The zero-order valence-electron chi connectivity index (χ0n) is 20.4. The first-order chi connectivity index (χ1) is 16.1. The average Bonchev–Trinajstić information content (AvgIpc) is 3.46. The molecular weight excluding hydrogens is 454 g/mol. The summed E-state index contributed by atoms with van der Waals surface area (Å²) in [5.41, 5.74) is 1.93. The zero-order chi connectivity index (χ0) is 24.1. The van der Waals surface area contributed by atoms with E-state index in [1.807, 2.05) is 0 Å². The summed E-state index contributed by atoms with van der Waals surface area (Å²) >= 11 is 1.73. The van der Waals surface area contributed by atoms with Crippen LogP contribution in [0.5, 0.6) is 0 Å². The van der Waals surface area contributed by atoms with E-state index in [4.69, 9.17) is 4.98 Å². The van der Waals surface area contributed by atoms with Crippen LogP contribution in [0.3, 0.4) is 0 Å². The molecule has 2 aliphatic carbocycles. The molecule has 34 heavy (non-hydrogen) atoms. The number of alkyl halides is 2. The Kier molecular flexibility index (Phi) is 6.42. The highest BCUT2D eigenvalue weighted by Crippen LogP contribution is 2.39. The SMILES string of the molecule is CC(C)(C)c1nc2cc(SN3CC(CC(=O)NC4CC4)C3)ccc2n1CC1CCC(F)(F)CC1. The van der Waals surface area contributed by atoms with Gasteiger partial charge >= 0.3 is 0 Å². The molecule has 5 rings (SSSR count). The van der Waals surface area contributed by atoms with Crippen LogP contribution < -0.4 is 5.32 Å². The highest BCUT2D eigenvalue weighted by Gasteiger charge is 2.36. The van der Waals surface area contributed by atoms with E-state index in [1.165, 1.54) is 0 Å². The minimum Gasteiger partial charge on any atom is -0.353 e. The monoisotopic (exact) mass is 490 g/mol. The Balaban J connectivity index is 1.24. The first-order valence-electron chi connectivity index (χ1n) is 12.7. The summed E-state index contributed by atoms with van der Waals surface area (Å²) in [5, 5.41) is 3.08. The van der Waals surface area contributed by atoms with Crippen LogP contribution in [0.25, 0.3) is 11.0 Å². The van der Waals surface area contributed by atoms with Crippen LogP contribution in [0.15, 0.2) is 23.1 Å². The van der Waals surface area contributed by atoms with Crippen molar-refractivity contribution in [1.29, 1.82) is 0 Å². The van der Waals surface area contributed by atoms with Gasteiger partial charge in [0.1, 0.15) is 5.82 Å². The average molecular weight is 491 g/mol. The number of amides is 1. The van der Waals surface area contributed by atoms with Gasteiger partial charge in [-0.1, -0.05) is 20.8 Å². The van der Waals surface area contributed by atoms with Crippen molar-refractivity contribution in [3.63, 3.8) is 0 Å². The van der Waals surface area contributed by atoms with Gasteiger partial charge in [0.05, 0.1) is 11.0 Å². The number of benzene rings is 1. The number of imidazole rings is 1. The molecule has 0 spiro atoms. The minimum atomic E-state index is -2.50. The summed E-state index contributed by atoms with van der Waals surface area (Å²) in [4.78, 5) is 18.2. The molecule has 0 radical (unpaired) electrons. The van der Waals surface area contributed by atoms with Crippen molar-refractivity contribution in [2.45, 2.75) is 94.5 Å². The van der Waals surface area contributed by atoms with E-state index < -0.39 is 5.92 Å². The van der Waals surface area contributed by atoms with Gasteiger partial charge in [0.15, 0.2) is 0 Å². The molecule has 1 saturated heterocycles. The van der Waals surface area contributed by atoms with Crippen molar-refractivity contribution in [3.05, 3.63) is 24.0 Å². The number of halogens is 2. The minimum absolute atomic E-state index is 0.00495. The molecular formula is C26H36F2N4OS. The Morgan fingerprint density at radius 3 is 2.50 bits per heavy atom.